The predicted octanol–water partition coefficient (Wildman–Crippen LogP) is -11.2. The van der Waals surface area contributed by atoms with Crippen molar-refractivity contribution in [3.05, 3.63) is 0 Å². The van der Waals surface area contributed by atoms with Gasteiger partial charge in [0.05, 0.1) is 33.0 Å². The highest BCUT2D eigenvalue weighted by Gasteiger charge is 2.58. The third-order valence-electron chi connectivity index (χ3n) is 7.69. The van der Waals surface area contributed by atoms with Gasteiger partial charge in [-0.25, -0.2) is 0 Å². The van der Waals surface area contributed by atoms with Gasteiger partial charge >= 0.3 is 0 Å². The van der Waals surface area contributed by atoms with Crippen LogP contribution in [0.2, 0.25) is 0 Å². The number of hydrogen-bond donors (Lipinski definition) is 17. The van der Waals surface area contributed by atoms with Crippen LogP contribution in [0.4, 0.5) is 0 Å². The van der Waals surface area contributed by atoms with E-state index in [0.717, 1.165) is 0 Å². The maximum atomic E-state index is 10.00. The molecule has 3 aliphatic rings. The third-order valence-corrected chi connectivity index (χ3v) is 7.69. The molecule has 0 spiro atoms. The second-order valence-electron chi connectivity index (χ2n) is 10.8. The molecule has 22 nitrogen and oxygen atoms in total. The van der Waals surface area contributed by atoms with Crippen LogP contribution in [0.1, 0.15) is 0 Å². The van der Waals surface area contributed by atoms with E-state index in [1.165, 1.54) is 0 Å². The third kappa shape index (κ3) is 9.01. The second-order valence-corrected chi connectivity index (χ2v) is 10.8. The quantitative estimate of drug-likeness (QED) is 0.0854. The Bertz CT molecular complexity index is 870. The lowest BCUT2D eigenvalue weighted by atomic mass is 9.98. The predicted molar refractivity (Wildman–Crippen MR) is 139 cm³/mol. The van der Waals surface area contributed by atoms with Gasteiger partial charge in [-0.1, -0.05) is 0 Å². The molecule has 3 saturated heterocycles. The Balaban J connectivity index is 0.000000320. The van der Waals surface area contributed by atoms with Crippen molar-refractivity contribution in [1.29, 1.82) is 0 Å². The molecule has 46 heavy (non-hydrogen) atoms. The van der Waals surface area contributed by atoms with Crippen molar-refractivity contribution in [3.8, 4) is 0 Å². The smallest absolute Gasteiger partial charge is 0.224 e. The van der Waals surface area contributed by atoms with E-state index < -0.39 is 150 Å². The van der Waals surface area contributed by atoms with Crippen LogP contribution >= 0.6 is 0 Å². The van der Waals surface area contributed by atoms with Crippen molar-refractivity contribution >= 4 is 0 Å². The van der Waals surface area contributed by atoms with Gasteiger partial charge in [0, 0.05) is 0 Å². The van der Waals surface area contributed by atoms with Crippen LogP contribution in [0.25, 0.3) is 0 Å². The Morgan fingerprint density at radius 1 is 0.543 bits per heavy atom. The summed E-state index contributed by atoms with van der Waals surface area (Å²) in [5.74, 6) is -2.22. The highest BCUT2D eigenvalue weighted by molar-refractivity contribution is 4.98. The molecule has 0 radical (unpaired) electrons. The zero-order valence-electron chi connectivity index (χ0n) is 24.2. The number of aliphatic hydroxyl groups is 17. The van der Waals surface area contributed by atoms with E-state index in [2.05, 4.69) is 0 Å². The Morgan fingerprint density at radius 2 is 1.00 bits per heavy atom. The summed E-state index contributed by atoms with van der Waals surface area (Å²) in [6.07, 6.45) is -27.7. The van der Waals surface area contributed by atoms with Gasteiger partial charge < -0.3 is 110 Å². The molecule has 0 unspecified atom stereocenters. The molecule has 3 aliphatic heterocycles. The fraction of sp³-hybridized carbons (Fsp3) is 1.00. The maximum absolute atomic E-state index is 10.00. The minimum absolute atomic E-state index is 0.669. The molecule has 3 rings (SSSR count). The van der Waals surface area contributed by atoms with Gasteiger partial charge in [0.25, 0.3) is 0 Å². The Hall–Kier alpha value is -0.880. The molecule has 0 amide bonds. The molecular formula is C24H46O22. The number of aliphatic hydroxyl groups excluding tert-OH is 17. The summed E-state index contributed by atoms with van der Waals surface area (Å²) in [5, 5.41) is 162. The Kier molecular flexibility index (Phi) is 16.3. The second kappa shape index (κ2) is 18.2. The summed E-state index contributed by atoms with van der Waals surface area (Å²) in [4.78, 5) is 0. The van der Waals surface area contributed by atoms with Crippen molar-refractivity contribution in [1.82, 2.24) is 0 Å². The fourth-order valence-electron chi connectivity index (χ4n) is 4.80. The van der Waals surface area contributed by atoms with E-state index in [0.29, 0.717) is 0 Å². The van der Waals surface area contributed by atoms with Gasteiger partial charge in [-0.05, 0) is 0 Å². The summed E-state index contributed by atoms with van der Waals surface area (Å²) in [6, 6.07) is 0. The van der Waals surface area contributed by atoms with Gasteiger partial charge in [-0.3, -0.25) is 0 Å². The normalized spacial score (nSPS) is 44.2. The molecular weight excluding hydrogens is 640 g/mol. The van der Waals surface area contributed by atoms with Gasteiger partial charge in [-0.2, -0.15) is 0 Å². The van der Waals surface area contributed by atoms with Crippen molar-refractivity contribution in [2.45, 2.75) is 110 Å². The lowest BCUT2D eigenvalue weighted by molar-refractivity contribution is -0.383. The van der Waals surface area contributed by atoms with Crippen LogP contribution in [-0.2, 0) is 23.7 Å². The lowest BCUT2D eigenvalue weighted by Gasteiger charge is -2.43. The minimum atomic E-state index is -2.22. The van der Waals surface area contributed by atoms with Crippen LogP contribution < -0.4 is 0 Å². The minimum Gasteiger partial charge on any atom is -0.394 e. The van der Waals surface area contributed by atoms with E-state index in [-0.39, 0.29) is 0 Å². The first kappa shape index (κ1) is 41.3. The van der Waals surface area contributed by atoms with E-state index in [4.69, 9.17) is 49.2 Å². The summed E-state index contributed by atoms with van der Waals surface area (Å²) < 4.78 is 25.6. The van der Waals surface area contributed by atoms with Crippen LogP contribution in [-0.4, -0.2) is 236 Å². The lowest BCUT2D eigenvalue weighted by Crippen LogP contribution is -2.62. The molecule has 0 aromatic carbocycles. The number of ether oxygens (including phenoxy) is 5. The molecule has 0 aliphatic carbocycles. The topological polar surface area (TPSA) is 390 Å². The number of hydrogen-bond acceptors (Lipinski definition) is 22. The first-order chi connectivity index (χ1) is 21.6. The number of rotatable bonds is 13. The van der Waals surface area contributed by atoms with Gasteiger partial charge in [0.2, 0.25) is 5.79 Å². The van der Waals surface area contributed by atoms with Gasteiger partial charge in [0.15, 0.2) is 12.6 Å². The molecule has 22 heteroatoms. The van der Waals surface area contributed by atoms with E-state index in [1.807, 2.05) is 0 Å². The van der Waals surface area contributed by atoms with Gasteiger partial charge in [-0.15, -0.1) is 0 Å². The molecule has 3 fully saturated rings. The van der Waals surface area contributed by atoms with Crippen molar-refractivity contribution in [3.63, 3.8) is 0 Å². The molecule has 0 aromatic rings. The molecule has 17 N–H and O–H groups in total. The van der Waals surface area contributed by atoms with Crippen LogP contribution in [0.3, 0.4) is 0 Å². The first-order valence-corrected chi connectivity index (χ1v) is 14.0. The van der Waals surface area contributed by atoms with Crippen molar-refractivity contribution in [2.24, 2.45) is 0 Å². The average molecular weight is 687 g/mol. The van der Waals surface area contributed by atoms with Crippen LogP contribution in [0, 0.1) is 0 Å². The molecule has 18 atom stereocenters. The zero-order valence-corrected chi connectivity index (χ0v) is 24.2. The molecule has 3 heterocycles. The Labute approximate surface area is 260 Å². The van der Waals surface area contributed by atoms with E-state index in [9.17, 15) is 61.3 Å². The Morgan fingerprint density at radius 3 is 1.41 bits per heavy atom. The maximum Gasteiger partial charge on any atom is 0.224 e. The fourth-order valence-corrected chi connectivity index (χ4v) is 4.80. The molecule has 0 aromatic heterocycles. The molecule has 0 saturated carbocycles. The highest BCUT2D eigenvalue weighted by Crippen LogP contribution is 2.36. The molecule has 274 valence electrons. The van der Waals surface area contributed by atoms with E-state index in [1.54, 1.807) is 0 Å². The summed E-state index contributed by atoms with van der Waals surface area (Å²) in [6.45, 7) is -4.78. The SMILES string of the molecule is OC[C@@H](O)[C@@H](O[C@H]1O[C@H](CO)[C@@H](O)[C@H](O)[C@H]1O)[C@H](O)[C@@H](O)CO.OC[C@H]1O[C@@](CO)(O[C@H]2O[C@H](CO)[C@@H](O)[C@H](O)[C@H]2O)[C@@H](O)[C@@H]1O. The first-order valence-electron chi connectivity index (χ1n) is 14.0. The zero-order chi connectivity index (χ0) is 35.1. The average Bonchev–Trinajstić information content (AvgIpc) is 3.31. The highest BCUT2D eigenvalue weighted by atomic mass is 16.8. The summed E-state index contributed by atoms with van der Waals surface area (Å²) in [5.41, 5.74) is 0. The van der Waals surface area contributed by atoms with Crippen LogP contribution in [0.15, 0.2) is 0 Å². The summed E-state index contributed by atoms with van der Waals surface area (Å²) in [7, 11) is 0. The summed E-state index contributed by atoms with van der Waals surface area (Å²) >= 11 is 0. The standard InChI is InChI=1S/C12H22O11.C12H24O11/c13-1-4-6(16)8(18)9(19)11(21-4)23-12(3-15)10(20)7(17)5(2-14)22-12;13-1-4(16)7(18)11(5(17)2-14)23-12-10(21)9(20)8(19)6(3-15)22-12/h4-11,13-20H,1-3H2;4-21H,1-3H2/t4-,5-,6-,7-,8+,9-,10+,11-,12+;4-,5+,6+,7+,8+,9-,10+,11+,12+/m10/s1. The molecule has 0 bridgehead atoms. The largest absolute Gasteiger partial charge is 0.394 e. The van der Waals surface area contributed by atoms with E-state index >= 15 is 0 Å². The van der Waals surface area contributed by atoms with Crippen molar-refractivity contribution in [2.75, 3.05) is 39.6 Å². The van der Waals surface area contributed by atoms with Gasteiger partial charge in [0.1, 0.15) is 98.2 Å². The monoisotopic (exact) mass is 686 g/mol. The van der Waals surface area contributed by atoms with Crippen molar-refractivity contribution < 1.29 is 110 Å². The van der Waals surface area contributed by atoms with Crippen LogP contribution in [0.5, 0.6) is 0 Å².